The quantitative estimate of drug-likeness (QED) is 0.682. The lowest BCUT2D eigenvalue weighted by Gasteiger charge is -2.34. The van der Waals surface area contributed by atoms with Gasteiger partial charge in [0.05, 0.1) is 5.69 Å². The smallest absolute Gasteiger partial charge is 0.316 e. The van der Waals surface area contributed by atoms with Crippen molar-refractivity contribution in [2.45, 2.75) is 13.8 Å². The molecule has 30 heavy (non-hydrogen) atoms. The average molecular weight is 401 g/mol. The first-order valence-electron chi connectivity index (χ1n) is 9.89. The van der Waals surface area contributed by atoms with Crippen LogP contribution >= 0.6 is 0 Å². The molecule has 3 amide bonds. The van der Waals surface area contributed by atoms with Gasteiger partial charge < -0.3 is 15.1 Å². The Hall–Kier alpha value is -3.67. The number of rotatable bonds is 4. The molecule has 1 N–H and O–H groups in total. The van der Waals surface area contributed by atoms with E-state index in [2.05, 4.69) is 5.32 Å². The van der Waals surface area contributed by atoms with Crippen molar-refractivity contribution in [2.24, 2.45) is 0 Å². The molecule has 0 bridgehead atoms. The maximum Gasteiger partial charge on any atom is 0.316 e. The van der Waals surface area contributed by atoms with E-state index in [1.165, 1.54) is 9.80 Å². The summed E-state index contributed by atoms with van der Waals surface area (Å²) in [5, 5.41) is 4.77. The highest BCUT2D eigenvalue weighted by atomic mass is 16.2. The minimum absolute atomic E-state index is 0.151. The Morgan fingerprint density at radius 1 is 0.933 bits per heavy atom. The highest BCUT2D eigenvalue weighted by Gasteiger charge is 2.34. The van der Waals surface area contributed by atoms with Crippen LogP contribution in [-0.2, 0) is 14.4 Å². The lowest BCUT2D eigenvalue weighted by atomic mass is 10.1. The Morgan fingerprint density at radius 2 is 1.70 bits per heavy atom. The Morgan fingerprint density at radius 3 is 2.53 bits per heavy atom. The van der Waals surface area contributed by atoms with Crippen molar-refractivity contribution >= 4 is 39.9 Å². The van der Waals surface area contributed by atoms with E-state index in [1.54, 1.807) is 0 Å². The van der Waals surface area contributed by atoms with Crippen LogP contribution in [0.1, 0.15) is 11.1 Å². The van der Waals surface area contributed by atoms with Gasteiger partial charge in [-0.25, -0.2) is 0 Å². The Kier molecular flexibility index (Phi) is 5.23. The van der Waals surface area contributed by atoms with Crippen LogP contribution < -0.4 is 10.2 Å². The highest BCUT2D eigenvalue weighted by Crippen LogP contribution is 2.28. The summed E-state index contributed by atoms with van der Waals surface area (Å²) in [4.78, 5) is 40.8. The largest absolute Gasteiger partial charge is 0.324 e. The van der Waals surface area contributed by atoms with Crippen molar-refractivity contribution in [1.82, 2.24) is 4.90 Å². The molecule has 0 saturated carbocycles. The van der Waals surface area contributed by atoms with E-state index >= 15 is 0 Å². The third kappa shape index (κ3) is 3.76. The zero-order chi connectivity index (χ0) is 21.3. The summed E-state index contributed by atoms with van der Waals surface area (Å²) in [6, 6.07) is 19.2. The number of aryl methyl sites for hydroxylation is 2. The van der Waals surface area contributed by atoms with Crippen LogP contribution in [0.4, 0.5) is 11.4 Å². The van der Waals surface area contributed by atoms with Gasteiger partial charge in [0, 0.05) is 24.2 Å². The first kappa shape index (κ1) is 19.6. The number of benzene rings is 3. The second-order valence-electron chi connectivity index (χ2n) is 7.55. The van der Waals surface area contributed by atoms with Gasteiger partial charge in [-0.15, -0.1) is 0 Å². The average Bonchev–Trinajstić information content (AvgIpc) is 2.74. The fraction of sp³-hybridized carbons (Fsp3) is 0.208. The van der Waals surface area contributed by atoms with Gasteiger partial charge in [0.25, 0.3) is 0 Å². The Balaban J connectivity index is 1.48. The van der Waals surface area contributed by atoms with Gasteiger partial charge in [-0.2, -0.15) is 0 Å². The van der Waals surface area contributed by atoms with E-state index in [9.17, 15) is 14.4 Å². The number of nitrogens with zero attached hydrogens (tertiary/aromatic N) is 2. The van der Waals surface area contributed by atoms with Crippen molar-refractivity contribution in [2.75, 3.05) is 29.9 Å². The number of piperazine rings is 1. The molecule has 1 saturated heterocycles. The molecule has 1 aliphatic rings. The van der Waals surface area contributed by atoms with Gasteiger partial charge in [0.2, 0.25) is 5.91 Å². The normalized spacial score (nSPS) is 14.3. The maximum atomic E-state index is 12.8. The van der Waals surface area contributed by atoms with Crippen molar-refractivity contribution in [3.05, 3.63) is 71.8 Å². The Bertz CT molecular complexity index is 1150. The molecule has 1 aliphatic heterocycles. The molecule has 3 aromatic rings. The lowest BCUT2D eigenvalue weighted by molar-refractivity contribution is -0.147. The molecule has 3 aromatic carbocycles. The molecule has 0 radical (unpaired) electrons. The molecule has 6 heteroatoms. The highest BCUT2D eigenvalue weighted by molar-refractivity contribution is 6.41. The second-order valence-corrected chi connectivity index (χ2v) is 7.55. The molecule has 0 unspecified atom stereocenters. The van der Waals surface area contributed by atoms with Gasteiger partial charge in [0.15, 0.2) is 0 Å². The molecule has 0 spiro atoms. The van der Waals surface area contributed by atoms with Gasteiger partial charge in [-0.1, -0.05) is 48.5 Å². The van der Waals surface area contributed by atoms with Gasteiger partial charge in [-0.3, -0.25) is 14.4 Å². The van der Waals surface area contributed by atoms with Crippen LogP contribution in [0.3, 0.4) is 0 Å². The number of amides is 3. The van der Waals surface area contributed by atoms with Crippen molar-refractivity contribution in [3.8, 4) is 0 Å². The van der Waals surface area contributed by atoms with Crippen LogP contribution in [0.25, 0.3) is 10.8 Å². The number of carbonyl (C=O) groups is 3. The van der Waals surface area contributed by atoms with Crippen LogP contribution in [0.5, 0.6) is 0 Å². The van der Waals surface area contributed by atoms with Gasteiger partial charge >= 0.3 is 11.8 Å². The van der Waals surface area contributed by atoms with Crippen molar-refractivity contribution in [1.29, 1.82) is 0 Å². The summed E-state index contributed by atoms with van der Waals surface area (Å²) in [6.45, 7) is 4.35. The first-order valence-corrected chi connectivity index (χ1v) is 9.89. The summed E-state index contributed by atoms with van der Waals surface area (Å²) in [5.41, 5.74) is 3.40. The van der Waals surface area contributed by atoms with Crippen LogP contribution in [0, 0.1) is 13.8 Å². The van der Waals surface area contributed by atoms with Crippen LogP contribution in [-0.4, -0.2) is 42.3 Å². The second kappa shape index (κ2) is 7.99. The summed E-state index contributed by atoms with van der Waals surface area (Å²) in [7, 11) is 0. The van der Waals surface area contributed by atoms with Crippen molar-refractivity contribution in [3.63, 3.8) is 0 Å². The molecule has 0 atom stereocenters. The van der Waals surface area contributed by atoms with E-state index in [0.717, 1.165) is 21.9 Å². The van der Waals surface area contributed by atoms with Crippen LogP contribution in [0.15, 0.2) is 60.7 Å². The fourth-order valence-electron chi connectivity index (χ4n) is 3.73. The Labute approximate surface area is 175 Å². The van der Waals surface area contributed by atoms with Crippen molar-refractivity contribution < 1.29 is 14.4 Å². The molecular weight excluding hydrogens is 378 g/mol. The number of hydrogen-bond acceptors (Lipinski definition) is 3. The summed E-state index contributed by atoms with van der Waals surface area (Å²) >= 11 is 0. The summed E-state index contributed by atoms with van der Waals surface area (Å²) in [5.74, 6) is -1.59. The maximum absolute atomic E-state index is 12.8. The number of hydrogen-bond donors (Lipinski definition) is 1. The minimum Gasteiger partial charge on any atom is -0.324 e. The van der Waals surface area contributed by atoms with E-state index in [1.807, 2.05) is 74.5 Å². The standard InChI is InChI=1S/C24H23N3O3/c1-16-10-11-17(2)20(14-16)25-22(28)15-26-12-13-27(24(30)23(26)29)21-9-5-7-18-6-3-4-8-19(18)21/h3-11,14H,12-13,15H2,1-2H3,(H,25,28). The van der Waals surface area contributed by atoms with E-state index < -0.39 is 11.8 Å². The molecule has 0 aromatic heterocycles. The molecule has 152 valence electrons. The predicted octanol–water partition coefficient (Wildman–Crippen LogP) is 3.27. The van der Waals surface area contributed by atoms with E-state index in [4.69, 9.17) is 0 Å². The van der Waals surface area contributed by atoms with Crippen LogP contribution in [0.2, 0.25) is 0 Å². The molecule has 1 heterocycles. The molecule has 1 fully saturated rings. The van der Waals surface area contributed by atoms with E-state index in [0.29, 0.717) is 24.5 Å². The lowest BCUT2D eigenvalue weighted by Crippen LogP contribution is -2.56. The van der Waals surface area contributed by atoms with Gasteiger partial charge in [0.1, 0.15) is 6.54 Å². The zero-order valence-corrected chi connectivity index (χ0v) is 17.0. The summed E-state index contributed by atoms with van der Waals surface area (Å²) in [6.07, 6.45) is 0. The SMILES string of the molecule is Cc1ccc(C)c(NC(=O)CN2CCN(c3cccc4ccccc34)C(=O)C2=O)c1. The topological polar surface area (TPSA) is 69.7 Å². The van der Waals surface area contributed by atoms with Gasteiger partial charge in [-0.05, 0) is 42.5 Å². The molecule has 6 nitrogen and oxygen atoms in total. The summed E-state index contributed by atoms with van der Waals surface area (Å²) < 4.78 is 0. The first-order chi connectivity index (χ1) is 14.4. The number of anilines is 2. The molecular formula is C24H23N3O3. The predicted molar refractivity (Wildman–Crippen MR) is 117 cm³/mol. The number of carbonyl (C=O) groups excluding carboxylic acids is 3. The number of nitrogens with one attached hydrogen (secondary N) is 1. The monoisotopic (exact) mass is 401 g/mol. The zero-order valence-electron chi connectivity index (χ0n) is 17.0. The third-order valence-corrected chi connectivity index (χ3v) is 5.37. The van der Waals surface area contributed by atoms with E-state index in [-0.39, 0.29) is 12.5 Å². The third-order valence-electron chi connectivity index (χ3n) is 5.37. The minimum atomic E-state index is -0.662. The number of fused-ring (bicyclic) bond motifs is 1. The fourth-order valence-corrected chi connectivity index (χ4v) is 3.73. The molecule has 0 aliphatic carbocycles. The molecule has 4 rings (SSSR count).